The molecule has 0 saturated heterocycles. The lowest BCUT2D eigenvalue weighted by atomic mass is 9.97. The Morgan fingerprint density at radius 3 is 2.50 bits per heavy atom. The minimum Gasteiger partial charge on any atom is -0.452 e. The van der Waals surface area contributed by atoms with Gasteiger partial charge in [0, 0.05) is 5.69 Å². The zero-order chi connectivity index (χ0) is 20.7. The molecule has 0 bridgehead atoms. The SMILES string of the molecule is CC[C@H](C)c1ccccc1NC(=O)COC(=O)c1cccc(S(=O)(=O)NC)c1. The van der Waals surface area contributed by atoms with E-state index in [1.54, 1.807) is 6.07 Å². The van der Waals surface area contributed by atoms with Crippen molar-refractivity contribution >= 4 is 27.6 Å². The number of ether oxygens (including phenoxy) is 1. The molecular weight excluding hydrogens is 380 g/mol. The Hall–Kier alpha value is -2.71. The monoisotopic (exact) mass is 404 g/mol. The van der Waals surface area contributed by atoms with Crippen LogP contribution in [0.2, 0.25) is 0 Å². The number of amides is 1. The molecular formula is C20H24N2O5S. The van der Waals surface area contributed by atoms with Gasteiger partial charge in [-0.3, -0.25) is 4.79 Å². The van der Waals surface area contributed by atoms with Crippen LogP contribution in [-0.2, 0) is 19.6 Å². The summed E-state index contributed by atoms with van der Waals surface area (Å²) in [6, 6.07) is 12.9. The number of anilines is 1. The lowest BCUT2D eigenvalue weighted by Crippen LogP contribution is -2.22. The van der Waals surface area contributed by atoms with Crippen molar-refractivity contribution in [2.75, 3.05) is 19.0 Å². The maximum absolute atomic E-state index is 12.2. The third-order valence-electron chi connectivity index (χ3n) is 4.36. The highest BCUT2D eigenvalue weighted by atomic mass is 32.2. The summed E-state index contributed by atoms with van der Waals surface area (Å²) in [7, 11) is -2.40. The first-order chi connectivity index (χ1) is 13.3. The normalized spacial score (nSPS) is 12.2. The summed E-state index contributed by atoms with van der Waals surface area (Å²) >= 11 is 0. The van der Waals surface area contributed by atoms with Crippen LogP contribution in [0.5, 0.6) is 0 Å². The van der Waals surface area contributed by atoms with Crippen molar-refractivity contribution < 1.29 is 22.7 Å². The largest absolute Gasteiger partial charge is 0.452 e. The van der Waals surface area contributed by atoms with Gasteiger partial charge in [0.15, 0.2) is 6.61 Å². The van der Waals surface area contributed by atoms with Crippen molar-refractivity contribution in [1.82, 2.24) is 4.72 Å². The molecule has 28 heavy (non-hydrogen) atoms. The Labute approximate surface area is 165 Å². The molecule has 0 aliphatic rings. The standard InChI is InChI=1S/C20H24N2O5S/c1-4-14(2)17-10-5-6-11-18(17)22-19(23)13-27-20(24)15-8-7-9-16(12-15)28(25,26)21-3/h5-12,14,21H,4,13H2,1-3H3,(H,22,23)/t14-/m0/s1. The van der Waals surface area contributed by atoms with Gasteiger partial charge in [-0.2, -0.15) is 0 Å². The molecule has 0 aromatic heterocycles. The molecule has 0 fully saturated rings. The Balaban J connectivity index is 2.02. The summed E-state index contributed by atoms with van der Waals surface area (Å²) in [5.74, 6) is -0.975. The first-order valence-corrected chi connectivity index (χ1v) is 10.4. The number of carbonyl (C=O) groups is 2. The molecule has 2 N–H and O–H groups in total. The number of hydrogen-bond acceptors (Lipinski definition) is 5. The number of carbonyl (C=O) groups excluding carboxylic acids is 2. The van der Waals surface area contributed by atoms with Crippen LogP contribution in [0.15, 0.2) is 53.4 Å². The van der Waals surface area contributed by atoms with E-state index in [1.807, 2.05) is 18.2 Å². The van der Waals surface area contributed by atoms with Crippen molar-refractivity contribution in [2.45, 2.75) is 31.1 Å². The molecule has 2 aromatic rings. The van der Waals surface area contributed by atoms with Gasteiger partial charge in [-0.15, -0.1) is 0 Å². The van der Waals surface area contributed by atoms with Crippen LogP contribution in [0, 0.1) is 0 Å². The molecule has 1 atom stereocenters. The van der Waals surface area contributed by atoms with Crippen LogP contribution < -0.4 is 10.0 Å². The average molecular weight is 404 g/mol. The van der Waals surface area contributed by atoms with Gasteiger partial charge >= 0.3 is 5.97 Å². The van der Waals surface area contributed by atoms with E-state index in [0.717, 1.165) is 12.0 Å². The summed E-state index contributed by atoms with van der Waals surface area (Å²) < 4.78 is 30.9. The van der Waals surface area contributed by atoms with Crippen molar-refractivity contribution in [3.63, 3.8) is 0 Å². The number of para-hydroxylation sites is 1. The number of benzene rings is 2. The molecule has 1 amide bonds. The fourth-order valence-electron chi connectivity index (χ4n) is 2.57. The second-order valence-electron chi connectivity index (χ2n) is 6.26. The number of esters is 1. The van der Waals surface area contributed by atoms with E-state index in [4.69, 9.17) is 4.74 Å². The van der Waals surface area contributed by atoms with Crippen LogP contribution in [0.1, 0.15) is 42.1 Å². The van der Waals surface area contributed by atoms with Crippen LogP contribution in [-0.4, -0.2) is 33.9 Å². The predicted octanol–water partition coefficient (Wildman–Crippen LogP) is 2.90. The molecule has 0 heterocycles. The fourth-order valence-corrected chi connectivity index (χ4v) is 3.34. The van der Waals surface area contributed by atoms with Crippen LogP contribution in [0.3, 0.4) is 0 Å². The van der Waals surface area contributed by atoms with Gasteiger partial charge in [0.2, 0.25) is 10.0 Å². The third-order valence-corrected chi connectivity index (χ3v) is 5.77. The van der Waals surface area contributed by atoms with Gasteiger partial charge in [-0.1, -0.05) is 38.1 Å². The van der Waals surface area contributed by atoms with Crippen molar-refractivity contribution in [3.05, 3.63) is 59.7 Å². The van der Waals surface area contributed by atoms with E-state index in [9.17, 15) is 18.0 Å². The molecule has 0 aliphatic heterocycles. The van der Waals surface area contributed by atoms with Crippen LogP contribution in [0.4, 0.5) is 5.69 Å². The zero-order valence-corrected chi connectivity index (χ0v) is 16.9. The zero-order valence-electron chi connectivity index (χ0n) is 16.1. The van der Waals surface area contributed by atoms with Gasteiger partial charge in [0.05, 0.1) is 10.5 Å². The van der Waals surface area contributed by atoms with E-state index in [0.29, 0.717) is 5.69 Å². The average Bonchev–Trinajstić information content (AvgIpc) is 2.71. The minimum atomic E-state index is -3.68. The minimum absolute atomic E-state index is 0.0455. The topological polar surface area (TPSA) is 102 Å². The molecule has 0 saturated carbocycles. The van der Waals surface area contributed by atoms with Gasteiger partial charge in [-0.05, 0) is 49.2 Å². The van der Waals surface area contributed by atoms with Gasteiger partial charge in [-0.25, -0.2) is 17.9 Å². The molecule has 150 valence electrons. The Bertz CT molecular complexity index is 957. The summed E-state index contributed by atoms with van der Waals surface area (Å²) in [6.45, 7) is 3.65. The molecule has 2 rings (SSSR count). The van der Waals surface area contributed by atoms with Crippen molar-refractivity contribution in [3.8, 4) is 0 Å². The second-order valence-corrected chi connectivity index (χ2v) is 8.14. The Kier molecular flexibility index (Phi) is 7.31. The van der Waals surface area contributed by atoms with Gasteiger partial charge in [0.1, 0.15) is 0 Å². The molecule has 0 aliphatic carbocycles. The van der Waals surface area contributed by atoms with Crippen LogP contribution in [0.25, 0.3) is 0 Å². The quantitative estimate of drug-likeness (QED) is 0.659. The predicted molar refractivity (Wildman–Crippen MR) is 107 cm³/mol. The number of rotatable bonds is 8. The molecule has 2 aromatic carbocycles. The van der Waals surface area contributed by atoms with E-state index < -0.39 is 28.5 Å². The highest BCUT2D eigenvalue weighted by Crippen LogP contribution is 2.26. The van der Waals surface area contributed by atoms with E-state index in [2.05, 4.69) is 23.9 Å². The van der Waals surface area contributed by atoms with Gasteiger partial charge in [0.25, 0.3) is 5.91 Å². The second kappa shape index (κ2) is 9.48. The summed E-state index contributed by atoms with van der Waals surface area (Å²) in [5, 5.41) is 2.76. The van der Waals surface area contributed by atoms with E-state index in [1.165, 1.54) is 31.3 Å². The van der Waals surface area contributed by atoms with Crippen molar-refractivity contribution in [2.24, 2.45) is 0 Å². The summed E-state index contributed by atoms with van der Waals surface area (Å²) in [6.07, 6.45) is 0.924. The van der Waals surface area contributed by atoms with Crippen molar-refractivity contribution in [1.29, 1.82) is 0 Å². The smallest absolute Gasteiger partial charge is 0.338 e. The molecule has 0 spiro atoms. The number of nitrogens with one attached hydrogen (secondary N) is 2. The highest BCUT2D eigenvalue weighted by molar-refractivity contribution is 7.89. The van der Waals surface area contributed by atoms with Crippen LogP contribution >= 0.6 is 0 Å². The lowest BCUT2D eigenvalue weighted by Gasteiger charge is -2.15. The van der Waals surface area contributed by atoms with E-state index >= 15 is 0 Å². The lowest BCUT2D eigenvalue weighted by molar-refractivity contribution is -0.119. The Morgan fingerprint density at radius 2 is 1.82 bits per heavy atom. The highest BCUT2D eigenvalue weighted by Gasteiger charge is 2.17. The maximum atomic E-state index is 12.2. The first-order valence-electron chi connectivity index (χ1n) is 8.88. The van der Waals surface area contributed by atoms with E-state index in [-0.39, 0.29) is 16.4 Å². The maximum Gasteiger partial charge on any atom is 0.338 e. The Morgan fingerprint density at radius 1 is 1.11 bits per heavy atom. The molecule has 0 unspecified atom stereocenters. The third kappa shape index (κ3) is 5.40. The molecule has 8 heteroatoms. The number of hydrogen-bond donors (Lipinski definition) is 2. The molecule has 7 nitrogen and oxygen atoms in total. The van der Waals surface area contributed by atoms with Gasteiger partial charge < -0.3 is 10.1 Å². The first kappa shape index (κ1) is 21.6. The number of sulfonamides is 1. The molecule has 0 radical (unpaired) electrons. The summed E-state index contributed by atoms with van der Waals surface area (Å²) in [5.41, 5.74) is 1.73. The fraction of sp³-hybridized carbons (Fsp3) is 0.300. The summed E-state index contributed by atoms with van der Waals surface area (Å²) in [4.78, 5) is 24.3.